The first-order valence-electron chi connectivity index (χ1n) is 7.50. The lowest BCUT2D eigenvalue weighted by molar-refractivity contribution is -0.120. The van der Waals surface area contributed by atoms with Gasteiger partial charge in [-0.1, -0.05) is 18.2 Å². The Morgan fingerprint density at radius 3 is 2.50 bits per heavy atom. The lowest BCUT2D eigenvalue weighted by Gasteiger charge is -2.11. The lowest BCUT2D eigenvalue weighted by atomic mass is 10.1. The molecule has 0 fully saturated rings. The minimum absolute atomic E-state index is 0.0657. The molecule has 3 N–H and O–H groups in total. The fraction of sp³-hybridized carbons (Fsp3) is 0.312. The summed E-state index contributed by atoms with van der Waals surface area (Å²) in [7, 11) is -1.70. The zero-order chi connectivity index (χ0) is 17.6. The maximum Gasteiger partial charge on any atom is 0.271 e. The van der Waals surface area contributed by atoms with Gasteiger partial charge in [-0.05, 0) is 43.1 Å². The standard InChI is InChI=1S/C16H21N3O3S2/c1-12(17-2)11-18-15(20)10-13-5-7-14(8-6-13)19-24(21,22)16-4-3-9-23-16/h3-9,12,17,19H,10-11H2,1-2H3,(H,18,20). The number of hydrogen-bond acceptors (Lipinski definition) is 5. The summed E-state index contributed by atoms with van der Waals surface area (Å²) in [4.78, 5) is 11.9. The predicted molar refractivity (Wildman–Crippen MR) is 96.8 cm³/mol. The molecule has 2 rings (SSSR count). The Balaban J connectivity index is 1.92. The van der Waals surface area contributed by atoms with Crippen molar-refractivity contribution in [2.45, 2.75) is 23.6 Å². The van der Waals surface area contributed by atoms with E-state index in [0.717, 1.165) is 16.9 Å². The SMILES string of the molecule is CNC(C)CNC(=O)Cc1ccc(NS(=O)(=O)c2cccs2)cc1. The van der Waals surface area contributed by atoms with Gasteiger partial charge in [-0.3, -0.25) is 9.52 Å². The molecule has 0 aliphatic carbocycles. The number of nitrogens with one attached hydrogen (secondary N) is 3. The molecule has 1 aromatic carbocycles. The fourth-order valence-electron chi connectivity index (χ4n) is 1.93. The van der Waals surface area contributed by atoms with E-state index in [1.54, 1.807) is 41.8 Å². The van der Waals surface area contributed by atoms with Crippen molar-refractivity contribution < 1.29 is 13.2 Å². The van der Waals surface area contributed by atoms with Gasteiger partial charge in [0.25, 0.3) is 10.0 Å². The van der Waals surface area contributed by atoms with Gasteiger partial charge in [0.05, 0.1) is 6.42 Å². The first-order valence-corrected chi connectivity index (χ1v) is 9.86. The van der Waals surface area contributed by atoms with Crippen molar-refractivity contribution in [1.29, 1.82) is 0 Å². The van der Waals surface area contributed by atoms with Crippen molar-refractivity contribution in [3.05, 3.63) is 47.3 Å². The van der Waals surface area contributed by atoms with Gasteiger partial charge < -0.3 is 10.6 Å². The lowest BCUT2D eigenvalue weighted by Crippen LogP contribution is -2.37. The number of carbonyl (C=O) groups excluding carboxylic acids is 1. The molecule has 1 amide bonds. The number of benzene rings is 1. The third kappa shape index (κ3) is 5.33. The van der Waals surface area contributed by atoms with Crippen LogP contribution in [0, 0.1) is 0 Å². The van der Waals surface area contributed by atoms with Gasteiger partial charge in [-0.25, -0.2) is 8.42 Å². The maximum atomic E-state index is 12.1. The van der Waals surface area contributed by atoms with Crippen LogP contribution in [0.1, 0.15) is 12.5 Å². The largest absolute Gasteiger partial charge is 0.354 e. The molecule has 0 aliphatic rings. The van der Waals surface area contributed by atoms with E-state index in [1.165, 1.54) is 0 Å². The van der Waals surface area contributed by atoms with Crippen molar-refractivity contribution in [3.8, 4) is 0 Å². The number of anilines is 1. The number of rotatable bonds is 8. The van der Waals surface area contributed by atoms with Crippen molar-refractivity contribution in [1.82, 2.24) is 10.6 Å². The molecule has 130 valence electrons. The minimum Gasteiger partial charge on any atom is -0.354 e. The molecular weight excluding hydrogens is 346 g/mol. The highest BCUT2D eigenvalue weighted by Gasteiger charge is 2.15. The summed E-state index contributed by atoms with van der Waals surface area (Å²) in [6.45, 7) is 2.54. The Labute approximate surface area is 146 Å². The molecule has 0 saturated heterocycles. The summed E-state index contributed by atoms with van der Waals surface area (Å²) in [6, 6.07) is 10.3. The molecule has 0 bridgehead atoms. The number of likely N-dealkylation sites (N-methyl/N-ethyl adjacent to an activating group) is 1. The minimum atomic E-state index is -3.54. The van der Waals surface area contributed by atoms with Gasteiger partial charge in [-0.2, -0.15) is 0 Å². The normalized spacial score (nSPS) is 12.6. The first-order chi connectivity index (χ1) is 11.4. The first kappa shape index (κ1) is 18.4. The van der Waals surface area contributed by atoms with E-state index in [2.05, 4.69) is 15.4 Å². The highest BCUT2D eigenvalue weighted by molar-refractivity contribution is 7.94. The quantitative estimate of drug-likeness (QED) is 0.664. The van der Waals surface area contributed by atoms with Crippen LogP contribution in [0.5, 0.6) is 0 Å². The van der Waals surface area contributed by atoms with Crippen LogP contribution in [-0.4, -0.2) is 34.0 Å². The Morgan fingerprint density at radius 1 is 1.21 bits per heavy atom. The molecule has 24 heavy (non-hydrogen) atoms. The topological polar surface area (TPSA) is 87.3 Å². The van der Waals surface area contributed by atoms with E-state index in [1.807, 2.05) is 14.0 Å². The third-order valence-electron chi connectivity index (χ3n) is 3.43. The monoisotopic (exact) mass is 367 g/mol. The zero-order valence-corrected chi connectivity index (χ0v) is 15.2. The van der Waals surface area contributed by atoms with Gasteiger partial charge >= 0.3 is 0 Å². The van der Waals surface area contributed by atoms with Gasteiger partial charge in [0, 0.05) is 18.3 Å². The summed E-state index contributed by atoms with van der Waals surface area (Å²) >= 11 is 1.16. The Kier molecular flexibility index (Phi) is 6.36. The summed E-state index contributed by atoms with van der Waals surface area (Å²) in [6.07, 6.45) is 0.258. The van der Waals surface area contributed by atoms with E-state index in [9.17, 15) is 13.2 Å². The molecule has 1 aromatic heterocycles. The van der Waals surface area contributed by atoms with Gasteiger partial charge in [0.15, 0.2) is 0 Å². The average molecular weight is 367 g/mol. The Bertz CT molecular complexity index is 756. The van der Waals surface area contributed by atoms with E-state index in [0.29, 0.717) is 12.2 Å². The van der Waals surface area contributed by atoms with Crippen LogP contribution in [0.4, 0.5) is 5.69 Å². The van der Waals surface area contributed by atoms with Crippen LogP contribution in [0.15, 0.2) is 46.0 Å². The number of hydrogen-bond donors (Lipinski definition) is 3. The second-order valence-electron chi connectivity index (χ2n) is 5.41. The number of sulfonamides is 1. The summed E-state index contributed by atoms with van der Waals surface area (Å²) in [5, 5.41) is 7.60. The van der Waals surface area contributed by atoms with E-state index >= 15 is 0 Å². The van der Waals surface area contributed by atoms with Crippen LogP contribution in [0.25, 0.3) is 0 Å². The van der Waals surface area contributed by atoms with Gasteiger partial charge in [0.1, 0.15) is 4.21 Å². The van der Waals surface area contributed by atoms with Crippen LogP contribution < -0.4 is 15.4 Å². The number of amides is 1. The maximum absolute atomic E-state index is 12.1. The second kappa shape index (κ2) is 8.27. The zero-order valence-electron chi connectivity index (χ0n) is 13.6. The molecule has 6 nitrogen and oxygen atoms in total. The van der Waals surface area contributed by atoms with Crippen molar-refractivity contribution in [2.24, 2.45) is 0 Å². The Morgan fingerprint density at radius 2 is 1.92 bits per heavy atom. The molecule has 0 radical (unpaired) electrons. The third-order valence-corrected chi connectivity index (χ3v) is 6.21. The molecule has 8 heteroatoms. The van der Waals surface area contributed by atoms with Crippen molar-refractivity contribution >= 4 is 33.0 Å². The van der Waals surface area contributed by atoms with Crippen molar-refractivity contribution in [2.75, 3.05) is 18.3 Å². The molecule has 1 unspecified atom stereocenters. The van der Waals surface area contributed by atoms with Crippen molar-refractivity contribution in [3.63, 3.8) is 0 Å². The highest BCUT2D eigenvalue weighted by atomic mass is 32.2. The van der Waals surface area contributed by atoms with Crippen LogP contribution in [-0.2, 0) is 21.2 Å². The highest BCUT2D eigenvalue weighted by Crippen LogP contribution is 2.20. The molecular formula is C16H21N3O3S2. The summed E-state index contributed by atoms with van der Waals surface area (Å²) in [5.74, 6) is -0.0657. The number of carbonyl (C=O) groups is 1. The Hall–Kier alpha value is -1.90. The molecule has 0 spiro atoms. The fourth-order valence-corrected chi connectivity index (χ4v) is 3.98. The average Bonchev–Trinajstić information content (AvgIpc) is 3.09. The molecule has 2 aromatic rings. The van der Waals surface area contributed by atoms with Gasteiger partial charge in [-0.15, -0.1) is 11.3 Å². The van der Waals surface area contributed by atoms with Crippen LogP contribution in [0.3, 0.4) is 0 Å². The summed E-state index contributed by atoms with van der Waals surface area (Å²) in [5.41, 5.74) is 1.29. The van der Waals surface area contributed by atoms with E-state index in [4.69, 9.17) is 0 Å². The predicted octanol–water partition coefficient (Wildman–Crippen LogP) is 1.82. The molecule has 0 saturated carbocycles. The van der Waals surface area contributed by atoms with Gasteiger partial charge in [0.2, 0.25) is 5.91 Å². The van der Waals surface area contributed by atoms with Crippen LogP contribution >= 0.6 is 11.3 Å². The van der Waals surface area contributed by atoms with Crippen LogP contribution in [0.2, 0.25) is 0 Å². The molecule has 1 atom stereocenters. The van der Waals surface area contributed by atoms with E-state index in [-0.39, 0.29) is 22.6 Å². The summed E-state index contributed by atoms with van der Waals surface area (Å²) < 4.78 is 27.1. The van der Waals surface area contributed by atoms with E-state index < -0.39 is 10.0 Å². The molecule has 1 heterocycles. The number of thiophene rings is 1. The molecule has 0 aliphatic heterocycles. The smallest absolute Gasteiger partial charge is 0.271 e. The second-order valence-corrected chi connectivity index (χ2v) is 8.26.